The van der Waals surface area contributed by atoms with Gasteiger partial charge in [0, 0.05) is 44.9 Å². The second-order valence-corrected chi connectivity index (χ2v) is 5.70. The van der Waals surface area contributed by atoms with Gasteiger partial charge in [0.05, 0.1) is 17.0 Å². The maximum Gasteiger partial charge on any atom is 0.276 e. The van der Waals surface area contributed by atoms with E-state index >= 15 is 0 Å². The number of benzene rings is 1. The average Bonchev–Trinajstić information content (AvgIpc) is 2.60. The highest BCUT2D eigenvalue weighted by Crippen LogP contribution is 2.19. The fraction of sp³-hybridized carbons (Fsp3) is 0.412. The van der Waals surface area contributed by atoms with Crippen molar-refractivity contribution in [3.05, 3.63) is 46.0 Å². The molecule has 134 valence electrons. The van der Waals surface area contributed by atoms with Crippen molar-refractivity contribution in [2.45, 2.75) is 6.92 Å². The Kier molecular flexibility index (Phi) is 6.64. The first-order valence-electron chi connectivity index (χ1n) is 8.20. The number of hydrogen-bond acceptors (Lipinski definition) is 5. The molecule has 2 amide bonds. The predicted molar refractivity (Wildman–Crippen MR) is 93.8 cm³/mol. The zero-order chi connectivity index (χ0) is 18.2. The van der Waals surface area contributed by atoms with Crippen LogP contribution >= 0.6 is 0 Å². The number of nitrogens with one attached hydrogen (secondary N) is 1. The van der Waals surface area contributed by atoms with Crippen molar-refractivity contribution in [1.29, 1.82) is 0 Å². The minimum absolute atomic E-state index is 0.0152. The number of para-hydroxylation sites is 1. The second-order valence-electron chi connectivity index (χ2n) is 5.70. The first kappa shape index (κ1) is 18.6. The number of piperazine rings is 1. The molecule has 25 heavy (non-hydrogen) atoms. The molecule has 1 heterocycles. The normalized spacial score (nSPS) is 15.3. The Bertz CT molecular complexity index is 666. The maximum atomic E-state index is 12.3. The van der Waals surface area contributed by atoms with Crippen LogP contribution in [0.2, 0.25) is 0 Å². The van der Waals surface area contributed by atoms with E-state index in [-0.39, 0.29) is 17.5 Å². The number of nitro groups is 1. The molecule has 1 fully saturated rings. The molecule has 8 nitrogen and oxygen atoms in total. The van der Waals surface area contributed by atoms with E-state index in [0.29, 0.717) is 44.8 Å². The van der Waals surface area contributed by atoms with E-state index in [1.54, 1.807) is 23.1 Å². The van der Waals surface area contributed by atoms with E-state index in [1.807, 2.05) is 11.8 Å². The summed E-state index contributed by atoms with van der Waals surface area (Å²) in [6.07, 6.45) is 2.84. The van der Waals surface area contributed by atoms with Crippen molar-refractivity contribution in [1.82, 2.24) is 15.1 Å². The molecule has 1 aromatic rings. The summed E-state index contributed by atoms with van der Waals surface area (Å²) in [5.41, 5.74) is 0.369. The molecule has 1 aromatic carbocycles. The maximum absolute atomic E-state index is 12.3. The van der Waals surface area contributed by atoms with Gasteiger partial charge in [0.15, 0.2) is 0 Å². The number of likely N-dealkylation sites (N-methyl/N-ethyl adjacent to an activating group) is 1. The van der Waals surface area contributed by atoms with E-state index in [4.69, 9.17) is 0 Å². The van der Waals surface area contributed by atoms with Gasteiger partial charge in [-0.05, 0) is 19.1 Å². The van der Waals surface area contributed by atoms with Crippen molar-refractivity contribution in [2.75, 3.05) is 39.3 Å². The molecule has 2 rings (SSSR count). The van der Waals surface area contributed by atoms with Gasteiger partial charge in [-0.3, -0.25) is 24.6 Å². The summed E-state index contributed by atoms with van der Waals surface area (Å²) in [7, 11) is 0. The minimum Gasteiger partial charge on any atom is -0.355 e. The Labute approximate surface area is 146 Å². The molecule has 0 aromatic heterocycles. The smallest absolute Gasteiger partial charge is 0.276 e. The first-order valence-corrected chi connectivity index (χ1v) is 8.20. The van der Waals surface area contributed by atoms with E-state index in [9.17, 15) is 19.7 Å². The Morgan fingerprint density at radius 2 is 1.92 bits per heavy atom. The zero-order valence-corrected chi connectivity index (χ0v) is 14.2. The second kappa shape index (κ2) is 8.93. The lowest BCUT2D eigenvalue weighted by Crippen LogP contribution is -2.50. The Hall–Kier alpha value is -2.74. The lowest BCUT2D eigenvalue weighted by molar-refractivity contribution is -0.385. The first-order chi connectivity index (χ1) is 12.0. The number of carbonyl (C=O) groups excluding carboxylic acids is 2. The molecule has 1 aliphatic rings. The van der Waals surface area contributed by atoms with E-state index in [0.717, 1.165) is 0 Å². The van der Waals surface area contributed by atoms with Crippen LogP contribution in [0.5, 0.6) is 0 Å². The van der Waals surface area contributed by atoms with Gasteiger partial charge < -0.3 is 10.2 Å². The minimum atomic E-state index is -0.468. The summed E-state index contributed by atoms with van der Waals surface area (Å²) in [6, 6.07) is 6.29. The summed E-state index contributed by atoms with van der Waals surface area (Å²) in [6.45, 7) is 5.12. The molecular formula is C17H22N4O4. The van der Waals surface area contributed by atoms with Crippen molar-refractivity contribution in [3.63, 3.8) is 0 Å². The highest BCUT2D eigenvalue weighted by atomic mass is 16.6. The van der Waals surface area contributed by atoms with Crippen LogP contribution in [0.15, 0.2) is 30.3 Å². The van der Waals surface area contributed by atoms with Crippen LogP contribution in [0.4, 0.5) is 5.69 Å². The number of carbonyl (C=O) groups is 2. The highest BCUT2D eigenvalue weighted by molar-refractivity contribution is 5.92. The molecule has 0 spiro atoms. The molecule has 1 saturated heterocycles. The van der Waals surface area contributed by atoms with Gasteiger partial charge in [0.25, 0.3) is 5.69 Å². The van der Waals surface area contributed by atoms with Crippen LogP contribution in [0.1, 0.15) is 12.5 Å². The quantitative estimate of drug-likeness (QED) is 0.469. The monoisotopic (exact) mass is 346 g/mol. The molecule has 0 radical (unpaired) electrons. The number of hydrogen-bond donors (Lipinski definition) is 1. The topological polar surface area (TPSA) is 95.8 Å². The fourth-order valence-electron chi connectivity index (χ4n) is 2.64. The molecule has 0 atom stereocenters. The van der Waals surface area contributed by atoms with Crippen LogP contribution < -0.4 is 5.32 Å². The van der Waals surface area contributed by atoms with Crippen LogP contribution in [0.3, 0.4) is 0 Å². The van der Waals surface area contributed by atoms with Crippen molar-refractivity contribution in [2.24, 2.45) is 0 Å². The fourth-order valence-corrected chi connectivity index (χ4v) is 2.64. The lowest BCUT2D eigenvalue weighted by Gasteiger charge is -2.33. The Balaban J connectivity index is 1.89. The molecule has 8 heteroatoms. The summed E-state index contributed by atoms with van der Waals surface area (Å²) in [4.78, 5) is 38.0. The molecule has 1 aliphatic heterocycles. The van der Waals surface area contributed by atoms with Crippen molar-refractivity contribution in [3.8, 4) is 0 Å². The zero-order valence-electron chi connectivity index (χ0n) is 14.2. The summed E-state index contributed by atoms with van der Waals surface area (Å²) >= 11 is 0. The average molecular weight is 346 g/mol. The van der Waals surface area contributed by atoms with Gasteiger partial charge in [0.1, 0.15) is 0 Å². The third-order valence-electron chi connectivity index (χ3n) is 3.96. The number of amides is 2. The SMILES string of the molecule is CCNC(=O)CN1CCN(C(=O)/C=C/c2ccccc2[N+](=O)[O-])CC1. The van der Waals surface area contributed by atoms with Crippen molar-refractivity contribution < 1.29 is 14.5 Å². The summed E-state index contributed by atoms with van der Waals surface area (Å²) in [5, 5.41) is 13.7. The lowest BCUT2D eigenvalue weighted by atomic mass is 10.1. The van der Waals surface area contributed by atoms with Gasteiger partial charge in [-0.1, -0.05) is 12.1 Å². The molecular weight excluding hydrogens is 324 g/mol. The Morgan fingerprint density at radius 1 is 1.24 bits per heavy atom. The molecule has 1 N–H and O–H groups in total. The summed E-state index contributed by atoms with van der Waals surface area (Å²) in [5.74, 6) is -0.200. The van der Waals surface area contributed by atoms with Gasteiger partial charge in [-0.2, -0.15) is 0 Å². The number of rotatable bonds is 6. The molecule has 0 aliphatic carbocycles. The van der Waals surface area contributed by atoms with E-state index in [2.05, 4.69) is 5.32 Å². The Morgan fingerprint density at radius 3 is 2.56 bits per heavy atom. The van der Waals surface area contributed by atoms with E-state index in [1.165, 1.54) is 18.2 Å². The van der Waals surface area contributed by atoms with Crippen LogP contribution in [-0.4, -0.2) is 65.8 Å². The highest BCUT2D eigenvalue weighted by Gasteiger charge is 2.21. The van der Waals surface area contributed by atoms with Crippen LogP contribution in [-0.2, 0) is 9.59 Å². The summed E-state index contributed by atoms with van der Waals surface area (Å²) < 4.78 is 0. The van der Waals surface area contributed by atoms with Gasteiger partial charge in [0.2, 0.25) is 11.8 Å². The third-order valence-corrected chi connectivity index (χ3v) is 3.96. The van der Waals surface area contributed by atoms with Gasteiger partial charge in [-0.15, -0.1) is 0 Å². The number of nitrogens with zero attached hydrogens (tertiary/aromatic N) is 3. The van der Waals surface area contributed by atoms with Crippen molar-refractivity contribution >= 4 is 23.6 Å². The van der Waals surface area contributed by atoms with Crippen LogP contribution in [0.25, 0.3) is 6.08 Å². The molecule has 0 bridgehead atoms. The molecule has 0 unspecified atom stereocenters. The van der Waals surface area contributed by atoms with Crippen LogP contribution in [0, 0.1) is 10.1 Å². The third kappa shape index (κ3) is 5.39. The largest absolute Gasteiger partial charge is 0.355 e. The molecule has 0 saturated carbocycles. The number of nitro benzene ring substituents is 1. The standard InChI is InChI=1S/C17H22N4O4/c1-2-18-16(22)13-19-9-11-20(12-10-19)17(23)8-7-14-5-3-4-6-15(14)21(24)25/h3-8H,2,9-13H2,1H3,(H,18,22)/b8-7+. The van der Waals surface area contributed by atoms with Gasteiger partial charge >= 0.3 is 0 Å². The van der Waals surface area contributed by atoms with Gasteiger partial charge in [-0.25, -0.2) is 0 Å². The predicted octanol–water partition coefficient (Wildman–Crippen LogP) is 0.888. The van der Waals surface area contributed by atoms with E-state index < -0.39 is 4.92 Å².